The molecule has 5 nitrogen and oxygen atoms in total. The van der Waals surface area contributed by atoms with Gasteiger partial charge in [0.05, 0.1) is 12.6 Å². The molecule has 0 saturated carbocycles. The van der Waals surface area contributed by atoms with E-state index in [1.165, 1.54) is 5.56 Å². The predicted octanol–water partition coefficient (Wildman–Crippen LogP) is 2.01. The molecule has 1 amide bonds. The van der Waals surface area contributed by atoms with E-state index < -0.39 is 0 Å². The topological polar surface area (TPSA) is 50.2 Å². The fourth-order valence-corrected chi connectivity index (χ4v) is 3.03. The summed E-state index contributed by atoms with van der Waals surface area (Å²) in [6.07, 6.45) is 4.74. The smallest absolute Gasteiger partial charge is 0.239 e. The first-order valence-corrected chi connectivity index (χ1v) is 7.75. The predicted molar refractivity (Wildman–Crippen MR) is 86.9 cm³/mol. The van der Waals surface area contributed by atoms with Crippen LogP contribution in [-0.2, 0) is 11.2 Å². The molecule has 1 N–H and O–H groups in total. The number of nitrogens with one attached hydrogen (secondary N) is 1. The summed E-state index contributed by atoms with van der Waals surface area (Å²) in [5.41, 5.74) is 2.43. The molecule has 1 aliphatic rings. The molecule has 22 heavy (non-hydrogen) atoms. The second-order valence-corrected chi connectivity index (χ2v) is 6.08. The molecule has 0 bridgehead atoms. The van der Waals surface area contributed by atoms with Crippen molar-refractivity contribution in [1.82, 2.24) is 15.1 Å². The molecular formula is C17H22N4O. The standard InChI is InChI=1S/C17H22N4O/c1-13(2)19-17(22)12-20-11-15(21-9-5-8-18-21)10-14-6-3-4-7-16(14)20/h3-9,13,15H,10-12H2,1-2H3,(H,19,22). The molecule has 116 valence electrons. The Balaban J connectivity index is 1.82. The van der Waals surface area contributed by atoms with Crippen molar-refractivity contribution in [2.45, 2.75) is 32.4 Å². The van der Waals surface area contributed by atoms with E-state index in [9.17, 15) is 4.79 Å². The molecule has 1 unspecified atom stereocenters. The highest BCUT2D eigenvalue weighted by Crippen LogP contribution is 2.31. The Bertz CT molecular complexity index is 636. The van der Waals surface area contributed by atoms with Crippen LogP contribution in [0.5, 0.6) is 0 Å². The van der Waals surface area contributed by atoms with Crippen molar-refractivity contribution < 1.29 is 4.79 Å². The van der Waals surface area contributed by atoms with Gasteiger partial charge in [0.2, 0.25) is 5.91 Å². The summed E-state index contributed by atoms with van der Waals surface area (Å²) in [6.45, 7) is 5.14. The van der Waals surface area contributed by atoms with E-state index in [1.807, 2.05) is 36.9 Å². The van der Waals surface area contributed by atoms with Gasteiger partial charge >= 0.3 is 0 Å². The van der Waals surface area contributed by atoms with Crippen LogP contribution < -0.4 is 10.2 Å². The van der Waals surface area contributed by atoms with Crippen LogP contribution in [0.15, 0.2) is 42.7 Å². The number of carbonyl (C=O) groups excluding carboxylic acids is 1. The number of benzene rings is 1. The molecule has 0 radical (unpaired) electrons. The highest BCUT2D eigenvalue weighted by Gasteiger charge is 2.26. The average molecular weight is 298 g/mol. The lowest BCUT2D eigenvalue weighted by atomic mass is 9.98. The monoisotopic (exact) mass is 298 g/mol. The number of para-hydroxylation sites is 1. The van der Waals surface area contributed by atoms with E-state index in [1.54, 1.807) is 6.20 Å². The first-order valence-electron chi connectivity index (χ1n) is 7.75. The summed E-state index contributed by atoms with van der Waals surface area (Å²) in [5, 5.41) is 7.33. The Morgan fingerprint density at radius 3 is 2.91 bits per heavy atom. The van der Waals surface area contributed by atoms with Crippen molar-refractivity contribution in [3.63, 3.8) is 0 Å². The Hall–Kier alpha value is -2.30. The van der Waals surface area contributed by atoms with Crippen molar-refractivity contribution >= 4 is 11.6 Å². The van der Waals surface area contributed by atoms with Crippen molar-refractivity contribution in [3.05, 3.63) is 48.3 Å². The van der Waals surface area contributed by atoms with E-state index in [2.05, 4.69) is 33.5 Å². The van der Waals surface area contributed by atoms with E-state index in [-0.39, 0.29) is 18.0 Å². The van der Waals surface area contributed by atoms with Gasteiger partial charge in [0, 0.05) is 30.7 Å². The van der Waals surface area contributed by atoms with Crippen LogP contribution >= 0.6 is 0 Å². The van der Waals surface area contributed by atoms with Gasteiger partial charge in [-0.1, -0.05) is 18.2 Å². The maximum absolute atomic E-state index is 12.1. The first-order chi connectivity index (χ1) is 10.6. The van der Waals surface area contributed by atoms with Gasteiger partial charge in [-0.25, -0.2) is 0 Å². The highest BCUT2D eigenvalue weighted by molar-refractivity contribution is 5.82. The molecule has 0 aliphatic carbocycles. The zero-order valence-electron chi connectivity index (χ0n) is 13.1. The second kappa shape index (κ2) is 6.22. The first kappa shape index (κ1) is 14.6. The second-order valence-electron chi connectivity index (χ2n) is 6.08. The molecule has 5 heteroatoms. The summed E-state index contributed by atoms with van der Waals surface area (Å²) >= 11 is 0. The van der Waals surface area contributed by atoms with E-state index in [0.29, 0.717) is 6.54 Å². The van der Waals surface area contributed by atoms with Crippen LogP contribution in [0.3, 0.4) is 0 Å². The minimum absolute atomic E-state index is 0.0610. The summed E-state index contributed by atoms with van der Waals surface area (Å²) in [4.78, 5) is 14.3. The number of amides is 1. The van der Waals surface area contributed by atoms with Crippen molar-refractivity contribution in [2.24, 2.45) is 0 Å². The molecule has 0 fully saturated rings. The summed E-state index contributed by atoms with van der Waals surface area (Å²) in [5.74, 6) is 0.0610. The van der Waals surface area contributed by atoms with Crippen molar-refractivity contribution in [1.29, 1.82) is 0 Å². The molecule has 1 atom stereocenters. The number of nitrogens with zero attached hydrogens (tertiary/aromatic N) is 3. The van der Waals surface area contributed by atoms with Crippen LogP contribution in [-0.4, -0.2) is 34.8 Å². The number of carbonyl (C=O) groups is 1. The Morgan fingerprint density at radius 1 is 1.36 bits per heavy atom. The summed E-state index contributed by atoms with van der Waals surface area (Å²) in [6, 6.07) is 10.7. The average Bonchev–Trinajstić information content (AvgIpc) is 3.00. The zero-order valence-corrected chi connectivity index (χ0v) is 13.1. The van der Waals surface area contributed by atoms with Gasteiger partial charge in [0.25, 0.3) is 0 Å². The van der Waals surface area contributed by atoms with E-state index in [4.69, 9.17) is 0 Å². The molecule has 1 aromatic heterocycles. The quantitative estimate of drug-likeness (QED) is 0.939. The SMILES string of the molecule is CC(C)NC(=O)CN1CC(n2cccn2)Cc2ccccc21. The van der Waals surface area contributed by atoms with Crippen molar-refractivity contribution in [2.75, 3.05) is 18.0 Å². The number of anilines is 1. The van der Waals surface area contributed by atoms with Crippen LogP contribution in [0, 0.1) is 0 Å². The molecule has 0 spiro atoms. The number of hydrogen-bond donors (Lipinski definition) is 1. The molecule has 1 aromatic carbocycles. The number of fused-ring (bicyclic) bond motifs is 1. The van der Waals surface area contributed by atoms with Gasteiger partial charge in [-0.15, -0.1) is 0 Å². The number of rotatable bonds is 4. The Kier molecular flexibility index (Phi) is 4.13. The fraction of sp³-hybridized carbons (Fsp3) is 0.412. The largest absolute Gasteiger partial charge is 0.360 e. The van der Waals surface area contributed by atoms with Crippen LogP contribution in [0.4, 0.5) is 5.69 Å². The normalized spacial score (nSPS) is 17.4. The van der Waals surface area contributed by atoms with Gasteiger partial charge in [0.15, 0.2) is 0 Å². The lowest BCUT2D eigenvalue weighted by molar-refractivity contribution is -0.120. The lowest BCUT2D eigenvalue weighted by Crippen LogP contribution is -2.44. The number of aromatic nitrogens is 2. The van der Waals surface area contributed by atoms with Crippen LogP contribution in [0.25, 0.3) is 0 Å². The molecule has 3 rings (SSSR count). The minimum atomic E-state index is 0.0610. The maximum atomic E-state index is 12.1. The molecule has 0 saturated heterocycles. The van der Waals surface area contributed by atoms with Gasteiger partial charge in [0.1, 0.15) is 0 Å². The Labute approximate surface area is 130 Å². The minimum Gasteiger partial charge on any atom is -0.360 e. The lowest BCUT2D eigenvalue weighted by Gasteiger charge is -2.36. The molecule has 2 heterocycles. The third-order valence-corrected chi connectivity index (χ3v) is 3.90. The zero-order chi connectivity index (χ0) is 15.5. The highest BCUT2D eigenvalue weighted by atomic mass is 16.2. The van der Waals surface area contributed by atoms with Gasteiger partial charge < -0.3 is 10.2 Å². The van der Waals surface area contributed by atoms with Gasteiger partial charge in [-0.05, 0) is 38.0 Å². The number of hydrogen-bond acceptors (Lipinski definition) is 3. The van der Waals surface area contributed by atoms with Crippen molar-refractivity contribution in [3.8, 4) is 0 Å². The molecule has 1 aliphatic heterocycles. The Morgan fingerprint density at radius 2 is 2.18 bits per heavy atom. The summed E-state index contributed by atoms with van der Waals surface area (Å²) < 4.78 is 1.99. The molecular weight excluding hydrogens is 276 g/mol. The summed E-state index contributed by atoms with van der Waals surface area (Å²) in [7, 11) is 0. The molecule has 2 aromatic rings. The maximum Gasteiger partial charge on any atom is 0.239 e. The van der Waals surface area contributed by atoms with E-state index in [0.717, 1.165) is 18.7 Å². The van der Waals surface area contributed by atoms with Crippen LogP contribution in [0.2, 0.25) is 0 Å². The third-order valence-electron chi connectivity index (χ3n) is 3.90. The van der Waals surface area contributed by atoms with Gasteiger partial charge in [-0.2, -0.15) is 5.10 Å². The third kappa shape index (κ3) is 3.13. The van der Waals surface area contributed by atoms with E-state index >= 15 is 0 Å². The fourth-order valence-electron chi connectivity index (χ4n) is 3.03. The van der Waals surface area contributed by atoms with Crippen LogP contribution in [0.1, 0.15) is 25.5 Å². The van der Waals surface area contributed by atoms with Gasteiger partial charge in [-0.3, -0.25) is 9.48 Å².